The van der Waals surface area contributed by atoms with E-state index >= 15 is 0 Å². The minimum Gasteiger partial charge on any atom is -0.491 e. The largest absolute Gasteiger partial charge is 0.491 e. The lowest BCUT2D eigenvalue weighted by molar-refractivity contribution is -1.01. The van der Waals surface area contributed by atoms with Crippen LogP contribution in [-0.2, 0) is 12.8 Å². The first kappa shape index (κ1) is 16.7. The Kier molecular flexibility index (Phi) is 5.89. The highest BCUT2D eigenvalue weighted by Gasteiger charge is 2.24. The van der Waals surface area contributed by atoms with Gasteiger partial charge in [0.05, 0.1) is 6.61 Å². The molecular weight excluding hydrogens is 292 g/mol. The molecule has 0 aromatic heterocycles. The normalized spacial score (nSPS) is 25.1. The van der Waals surface area contributed by atoms with Gasteiger partial charge >= 0.3 is 0 Å². The van der Waals surface area contributed by atoms with Crippen molar-refractivity contribution in [2.75, 3.05) is 52.5 Å². The molecule has 0 spiro atoms. The van der Waals surface area contributed by atoms with E-state index in [1.807, 2.05) is 6.07 Å². The summed E-state index contributed by atoms with van der Waals surface area (Å²) >= 11 is 0. The zero-order chi connectivity index (χ0) is 16.1. The second-order valence-corrected chi connectivity index (χ2v) is 6.93. The van der Waals surface area contributed by atoms with Crippen LogP contribution in [0.25, 0.3) is 0 Å². The SMILES string of the molecule is OCC[NH+]1CC[NH+](C[C@@H](O)COc2ccc3c(c2)CCC3)CC1. The number of aliphatic hydroxyl groups excluding tert-OH is 2. The van der Waals surface area contributed by atoms with Crippen LogP contribution in [0.5, 0.6) is 5.75 Å². The summed E-state index contributed by atoms with van der Waals surface area (Å²) in [5.41, 5.74) is 2.86. The van der Waals surface area contributed by atoms with Crippen molar-refractivity contribution < 1.29 is 24.7 Å². The highest BCUT2D eigenvalue weighted by atomic mass is 16.5. The molecule has 0 unspecified atom stereocenters. The topological polar surface area (TPSA) is 58.6 Å². The van der Waals surface area contributed by atoms with Crippen LogP contribution in [0.15, 0.2) is 18.2 Å². The van der Waals surface area contributed by atoms with Gasteiger partial charge in [-0.1, -0.05) is 6.07 Å². The summed E-state index contributed by atoms with van der Waals surface area (Å²) in [5, 5.41) is 19.2. The summed E-state index contributed by atoms with van der Waals surface area (Å²) < 4.78 is 5.79. The third kappa shape index (κ3) is 4.67. The van der Waals surface area contributed by atoms with E-state index in [1.54, 1.807) is 0 Å². The highest BCUT2D eigenvalue weighted by Crippen LogP contribution is 2.25. The summed E-state index contributed by atoms with van der Waals surface area (Å²) in [5.74, 6) is 0.886. The van der Waals surface area contributed by atoms with Gasteiger partial charge in [-0.3, -0.25) is 0 Å². The summed E-state index contributed by atoms with van der Waals surface area (Å²) in [6.45, 7) is 6.51. The molecular formula is C18H30N2O3+2. The first-order chi connectivity index (χ1) is 11.2. The standard InChI is InChI=1S/C18H28N2O3/c21-11-10-19-6-8-20(9-7-19)13-17(22)14-23-18-5-4-15-2-1-3-16(15)12-18/h4-5,12,17,21-22H,1-3,6-11,13-14H2/p+2/t17-/m1/s1. The van der Waals surface area contributed by atoms with Gasteiger partial charge in [-0.2, -0.15) is 0 Å². The predicted molar refractivity (Wildman–Crippen MR) is 88.2 cm³/mol. The van der Waals surface area contributed by atoms with Gasteiger partial charge in [-0.15, -0.1) is 0 Å². The highest BCUT2D eigenvalue weighted by molar-refractivity contribution is 5.38. The van der Waals surface area contributed by atoms with Crippen LogP contribution in [0.1, 0.15) is 17.5 Å². The number of hydrogen-bond donors (Lipinski definition) is 4. The smallest absolute Gasteiger partial charge is 0.137 e. The van der Waals surface area contributed by atoms with E-state index < -0.39 is 6.10 Å². The molecule has 1 heterocycles. The maximum absolute atomic E-state index is 10.2. The number of quaternary nitrogens is 2. The average Bonchev–Trinajstić information content (AvgIpc) is 3.03. The van der Waals surface area contributed by atoms with E-state index in [0.717, 1.165) is 51.4 Å². The van der Waals surface area contributed by atoms with Crippen molar-refractivity contribution in [2.45, 2.75) is 25.4 Å². The van der Waals surface area contributed by atoms with E-state index in [1.165, 1.54) is 33.8 Å². The summed E-state index contributed by atoms with van der Waals surface area (Å²) in [7, 11) is 0. The Labute approximate surface area is 138 Å². The molecule has 1 atom stereocenters. The molecule has 5 heteroatoms. The Morgan fingerprint density at radius 2 is 1.78 bits per heavy atom. The average molecular weight is 322 g/mol. The van der Waals surface area contributed by atoms with Crippen LogP contribution < -0.4 is 14.5 Å². The van der Waals surface area contributed by atoms with Gasteiger partial charge in [-0.25, -0.2) is 0 Å². The predicted octanol–water partition coefficient (Wildman–Crippen LogP) is -2.31. The van der Waals surface area contributed by atoms with Crippen molar-refractivity contribution >= 4 is 0 Å². The molecule has 1 aromatic carbocycles. The van der Waals surface area contributed by atoms with E-state index in [2.05, 4.69) is 12.1 Å². The van der Waals surface area contributed by atoms with Crippen molar-refractivity contribution in [3.8, 4) is 5.75 Å². The van der Waals surface area contributed by atoms with Crippen LogP contribution in [0, 0.1) is 0 Å². The second-order valence-electron chi connectivity index (χ2n) is 6.93. The van der Waals surface area contributed by atoms with Crippen molar-refractivity contribution in [1.29, 1.82) is 0 Å². The van der Waals surface area contributed by atoms with Gasteiger partial charge < -0.3 is 24.7 Å². The van der Waals surface area contributed by atoms with E-state index in [4.69, 9.17) is 9.84 Å². The lowest BCUT2D eigenvalue weighted by Crippen LogP contribution is -3.28. The lowest BCUT2D eigenvalue weighted by Gasteiger charge is -2.30. The van der Waals surface area contributed by atoms with Crippen molar-refractivity contribution in [1.82, 2.24) is 0 Å². The molecule has 1 aliphatic carbocycles. The van der Waals surface area contributed by atoms with Gasteiger partial charge in [0.25, 0.3) is 0 Å². The Morgan fingerprint density at radius 3 is 2.57 bits per heavy atom. The Hall–Kier alpha value is -1.14. The zero-order valence-electron chi connectivity index (χ0n) is 13.9. The number of aliphatic hydroxyl groups is 2. The fraction of sp³-hybridized carbons (Fsp3) is 0.667. The fourth-order valence-electron chi connectivity index (χ4n) is 3.79. The Bertz CT molecular complexity index is 501. The minimum atomic E-state index is -0.419. The zero-order valence-corrected chi connectivity index (χ0v) is 13.9. The van der Waals surface area contributed by atoms with E-state index in [0.29, 0.717) is 6.61 Å². The first-order valence-electron chi connectivity index (χ1n) is 8.95. The molecule has 1 aliphatic heterocycles. The van der Waals surface area contributed by atoms with Crippen molar-refractivity contribution in [2.24, 2.45) is 0 Å². The van der Waals surface area contributed by atoms with Crippen molar-refractivity contribution in [3.05, 3.63) is 29.3 Å². The molecule has 1 saturated heterocycles. The molecule has 0 bridgehead atoms. The quantitative estimate of drug-likeness (QED) is 0.456. The monoisotopic (exact) mass is 322 g/mol. The second kappa shape index (κ2) is 8.11. The number of benzene rings is 1. The molecule has 5 nitrogen and oxygen atoms in total. The number of rotatable bonds is 7. The van der Waals surface area contributed by atoms with E-state index in [9.17, 15) is 5.11 Å². The number of piperazine rings is 1. The van der Waals surface area contributed by atoms with Gasteiger partial charge in [-0.05, 0) is 42.5 Å². The number of hydrogen-bond acceptors (Lipinski definition) is 3. The molecule has 0 radical (unpaired) electrons. The molecule has 4 N–H and O–H groups in total. The summed E-state index contributed by atoms with van der Waals surface area (Å²) in [6, 6.07) is 6.33. The van der Waals surface area contributed by atoms with Crippen LogP contribution in [0.3, 0.4) is 0 Å². The Balaban J connectivity index is 1.39. The third-order valence-electron chi connectivity index (χ3n) is 5.17. The lowest BCUT2D eigenvalue weighted by atomic mass is 10.1. The van der Waals surface area contributed by atoms with Crippen LogP contribution in [-0.4, -0.2) is 68.8 Å². The van der Waals surface area contributed by atoms with Gasteiger partial charge in [0.2, 0.25) is 0 Å². The van der Waals surface area contributed by atoms with Crippen LogP contribution in [0.2, 0.25) is 0 Å². The fourth-order valence-corrected chi connectivity index (χ4v) is 3.79. The number of fused-ring (bicyclic) bond motifs is 1. The maximum Gasteiger partial charge on any atom is 0.137 e. The number of ether oxygens (including phenoxy) is 1. The van der Waals surface area contributed by atoms with Gasteiger partial charge in [0.15, 0.2) is 0 Å². The number of nitrogens with one attached hydrogen (secondary N) is 2. The molecule has 1 fully saturated rings. The Morgan fingerprint density at radius 1 is 1.04 bits per heavy atom. The molecule has 128 valence electrons. The molecule has 0 amide bonds. The van der Waals surface area contributed by atoms with Crippen molar-refractivity contribution in [3.63, 3.8) is 0 Å². The minimum absolute atomic E-state index is 0.266. The summed E-state index contributed by atoms with van der Waals surface area (Å²) in [4.78, 5) is 2.91. The molecule has 2 aliphatic rings. The third-order valence-corrected chi connectivity index (χ3v) is 5.17. The molecule has 3 rings (SSSR count). The van der Waals surface area contributed by atoms with Gasteiger partial charge in [0, 0.05) is 0 Å². The molecule has 1 aromatic rings. The molecule has 23 heavy (non-hydrogen) atoms. The van der Waals surface area contributed by atoms with Gasteiger partial charge in [0.1, 0.15) is 57.7 Å². The van der Waals surface area contributed by atoms with E-state index in [-0.39, 0.29) is 6.61 Å². The maximum atomic E-state index is 10.2. The summed E-state index contributed by atoms with van der Waals surface area (Å²) in [6.07, 6.45) is 3.17. The van der Waals surface area contributed by atoms with Crippen LogP contribution >= 0.6 is 0 Å². The molecule has 0 saturated carbocycles. The number of aryl methyl sites for hydroxylation is 2. The van der Waals surface area contributed by atoms with Crippen LogP contribution in [0.4, 0.5) is 0 Å². The first-order valence-corrected chi connectivity index (χ1v) is 8.95.